The number of nitrogens with one attached hydrogen (secondary N) is 1. The van der Waals surface area contributed by atoms with Crippen LogP contribution >= 0.6 is 24.8 Å². The van der Waals surface area contributed by atoms with Crippen molar-refractivity contribution in [1.82, 2.24) is 10.2 Å². The predicted molar refractivity (Wildman–Crippen MR) is 105 cm³/mol. The molecule has 25 heavy (non-hydrogen) atoms. The highest BCUT2D eigenvalue weighted by atomic mass is 35.5. The molecular weight excluding hydrogens is 361 g/mol. The molecule has 1 saturated heterocycles. The number of ether oxygens (including phenoxy) is 1. The summed E-state index contributed by atoms with van der Waals surface area (Å²) in [7, 11) is 0. The molecule has 6 atom stereocenters. The highest BCUT2D eigenvalue weighted by Crippen LogP contribution is 2.47. The van der Waals surface area contributed by atoms with Gasteiger partial charge in [-0.3, -0.25) is 9.69 Å². The maximum atomic E-state index is 12.7. The van der Waals surface area contributed by atoms with Crippen LogP contribution in [0.15, 0.2) is 0 Å². The van der Waals surface area contributed by atoms with Crippen molar-refractivity contribution in [2.45, 2.75) is 70.7 Å². The second-order valence-corrected chi connectivity index (χ2v) is 8.63. The Bertz CT molecular complexity index is 452. The maximum absolute atomic E-state index is 12.7. The molecule has 1 heterocycles. The molecule has 7 heteroatoms. The molecule has 3 N–H and O–H groups in total. The van der Waals surface area contributed by atoms with Crippen LogP contribution in [-0.4, -0.2) is 54.2 Å². The van der Waals surface area contributed by atoms with E-state index in [4.69, 9.17) is 10.5 Å². The van der Waals surface area contributed by atoms with Gasteiger partial charge in [0.05, 0.1) is 18.1 Å². The minimum atomic E-state index is -0.0658. The fraction of sp³-hybridized carbons (Fsp3) is 0.944. The number of nitrogens with zero attached hydrogens (tertiary/aromatic N) is 1. The van der Waals surface area contributed by atoms with Crippen LogP contribution in [0.1, 0.15) is 47.0 Å². The van der Waals surface area contributed by atoms with Crippen molar-refractivity contribution in [3.63, 3.8) is 0 Å². The molecule has 2 saturated carbocycles. The summed E-state index contributed by atoms with van der Waals surface area (Å²) in [6, 6.07) is 0.0697. The molecule has 2 aliphatic carbocycles. The van der Waals surface area contributed by atoms with Crippen molar-refractivity contribution < 1.29 is 9.53 Å². The van der Waals surface area contributed by atoms with E-state index in [2.05, 4.69) is 37.9 Å². The number of hydrogen-bond donors (Lipinski definition) is 2. The quantitative estimate of drug-likeness (QED) is 0.765. The Morgan fingerprint density at radius 1 is 1.16 bits per heavy atom. The summed E-state index contributed by atoms with van der Waals surface area (Å²) < 4.78 is 5.82. The van der Waals surface area contributed by atoms with E-state index in [1.165, 1.54) is 12.8 Å². The van der Waals surface area contributed by atoms with E-state index >= 15 is 0 Å². The zero-order valence-corrected chi connectivity index (χ0v) is 17.5. The number of rotatable bonds is 4. The van der Waals surface area contributed by atoms with Crippen molar-refractivity contribution in [3.05, 3.63) is 0 Å². The van der Waals surface area contributed by atoms with E-state index in [1.807, 2.05) is 0 Å². The van der Waals surface area contributed by atoms with Crippen LogP contribution in [0.2, 0.25) is 0 Å². The Hall–Kier alpha value is -0.0700. The van der Waals surface area contributed by atoms with Gasteiger partial charge in [0.15, 0.2) is 0 Å². The second kappa shape index (κ2) is 8.75. The van der Waals surface area contributed by atoms with Crippen molar-refractivity contribution in [1.29, 1.82) is 0 Å². The van der Waals surface area contributed by atoms with Crippen LogP contribution < -0.4 is 11.1 Å². The number of halogens is 2. The van der Waals surface area contributed by atoms with Crippen LogP contribution in [0.25, 0.3) is 0 Å². The molecule has 2 bridgehead atoms. The van der Waals surface area contributed by atoms with E-state index in [0.29, 0.717) is 18.4 Å². The van der Waals surface area contributed by atoms with Crippen LogP contribution in [0.5, 0.6) is 0 Å². The lowest BCUT2D eigenvalue weighted by Crippen LogP contribution is -2.59. The Labute approximate surface area is 164 Å². The zero-order valence-electron chi connectivity index (χ0n) is 15.9. The zero-order chi connectivity index (χ0) is 16.8. The first-order chi connectivity index (χ1) is 10.8. The highest BCUT2D eigenvalue weighted by Gasteiger charge is 2.49. The Balaban J connectivity index is 0.00000156. The average Bonchev–Trinajstić information content (AvgIpc) is 3.04. The highest BCUT2D eigenvalue weighted by molar-refractivity contribution is 5.85. The largest absolute Gasteiger partial charge is 0.373 e. The van der Waals surface area contributed by atoms with Gasteiger partial charge >= 0.3 is 0 Å². The minimum Gasteiger partial charge on any atom is -0.373 e. The van der Waals surface area contributed by atoms with Crippen molar-refractivity contribution in [3.8, 4) is 0 Å². The monoisotopic (exact) mass is 395 g/mol. The average molecular weight is 396 g/mol. The van der Waals surface area contributed by atoms with E-state index in [1.54, 1.807) is 0 Å². The molecule has 1 amide bonds. The Morgan fingerprint density at radius 2 is 1.72 bits per heavy atom. The van der Waals surface area contributed by atoms with Gasteiger partial charge in [-0.25, -0.2) is 0 Å². The number of hydrogen-bond acceptors (Lipinski definition) is 4. The summed E-state index contributed by atoms with van der Waals surface area (Å²) in [6.45, 7) is 11.2. The smallest absolute Gasteiger partial charge is 0.225 e. The summed E-state index contributed by atoms with van der Waals surface area (Å²) in [4.78, 5) is 15.1. The minimum absolute atomic E-state index is 0. The van der Waals surface area contributed by atoms with Gasteiger partial charge in [-0.2, -0.15) is 0 Å². The molecule has 0 radical (unpaired) electrons. The lowest BCUT2D eigenvalue weighted by atomic mass is 9.84. The lowest BCUT2D eigenvalue weighted by Gasteiger charge is -2.45. The Kier molecular flexibility index (Phi) is 8.04. The number of carbonyl (C=O) groups excluding carboxylic acids is 1. The second-order valence-electron chi connectivity index (χ2n) is 8.63. The molecule has 5 nitrogen and oxygen atoms in total. The maximum Gasteiger partial charge on any atom is 0.225 e. The van der Waals surface area contributed by atoms with Gasteiger partial charge in [-0.1, -0.05) is 0 Å². The molecule has 3 rings (SSSR count). The fourth-order valence-electron chi connectivity index (χ4n) is 4.93. The number of fused-ring (bicyclic) bond motifs is 2. The Morgan fingerprint density at radius 3 is 2.24 bits per heavy atom. The van der Waals surface area contributed by atoms with Crippen molar-refractivity contribution in [2.75, 3.05) is 19.6 Å². The molecule has 0 aromatic rings. The van der Waals surface area contributed by atoms with Gasteiger partial charge in [0.25, 0.3) is 0 Å². The summed E-state index contributed by atoms with van der Waals surface area (Å²) in [5, 5.41) is 3.21. The van der Waals surface area contributed by atoms with Gasteiger partial charge in [-0.05, 0) is 58.8 Å². The lowest BCUT2D eigenvalue weighted by molar-refractivity contribution is -0.128. The molecule has 0 aromatic heterocycles. The summed E-state index contributed by atoms with van der Waals surface area (Å²) in [6.07, 6.45) is 4.03. The molecule has 0 spiro atoms. The topological polar surface area (TPSA) is 67.6 Å². The molecular formula is C18H35Cl2N3O2. The van der Waals surface area contributed by atoms with Crippen molar-refractivity contribution >= 4 is 30.7 Å². The van der Waals surface area contributed by atoms with E-state index in [-0.39, 0.29) is 60.4 Å². The third kappa shape index (κ3) is 4.81. The van der Waals surface area contributed by atoms with Crippen LogP contribution in [-0.2, 0) is 9.53 Å². The normalized spacial score (nSPS) is 38.0. The van der Waals surface area contributed by atoms with Crippen LogP contribution in [0.4, 0.5) is 0 Å². The van der Waals surface area contributed by atoms with E-state index in [0.717, 1.165) is 19.5 Å². The summed E-state index contributed by atoms with van der Waals surface area (Å²) >= 11 is 0. The van der Waals surface area contributed by atoms with Gasteiger partial charge in [-0.15, -0.1) is 24.8 Å². The first kappa shape index (κ1) is 23.0. The predicted octanol–water partition coefficient (Wildman–Crippen LogP) is 2.21. The number of amides is 1. The third-order valence-corrected chi connectivity index (χ3v) is 6.25. The van der Waals surface area contributed by atoms with Crippen molar-refractivity contribution in [2.24, 2.45) is 23.5 Å². The van der Waals surface area contributed by atoms with E-state index in [9.17, 15) is 4.79 Å². The molecule has 1 aliphatic heterocycles. The van der Waals surface area contributed by atoms with Gasteiger partial charge in [0.2, 0.25) is 5.91 Å². The number of nitrogens with two attached hydrogens (primary N) is 1. The third-order valence-electron chi connectivity index (χ3n) is 6.25. The van der Waals surface area contributed by atoms with Gasteiger partial charge in [0.1, 0.15) is 0 Å². The van der Waals surface area contributed by atoms with Crippen LogP contribution in [0, 0.1) is 17.8 Å². The summed E-state index contributed by atoms with van der Waals surface area (Å²) in [5.41, 5.74) is 6.23. The van der Waals surface area contributed by atoms with Crippen LogP contribution in [0.3, 0.4) is 0 Å². The molecule has 148 valence electrons. The van der Waals surface area contributed by atoms with Gasteiger partial charge in [0, 0.05) is 31.2 Å². The molecule has 3 aliphatic rings. The fourth-order valence-corrected chi connectivity index (χ4v) is 4.93. The van der Waals surface area contributed by atoms with E-state index < -0.39 is 0 Å². The molecule has 6 unspecified atom stereocenters. The van der Waals surface area contributed by atoms with Gasteiger partial charge < -0.3 is 15.8 Å². The standard InChI is InChI=1S/C18H33N3O2.2ClH/c1-11-8-21(9-12(2)23-11)18(3,4)10-20-17(22)15-13-5-6-14(7-13)16(15)19;;/h11-16H,5-10,19H2,1-4H3,(H,20,22);2*1H. The number of carbonyl (C=O) groups is 1. The molecule has 0 aromatic carbocycles. The summed E-state index contributed by atoms with van der Waals surface area (Å²) in [5.74, 6) is 1.30. The molecule has 3 fully saturated rings. The first-order valence-corrected chi connectivity index (χ1v) is 9.21. The SMILES string of the molecule is CC1CN(C(C)(C)CNC(=O)C2C3CCC(C3)C2N)CC(C)O1.Cl.Cl. The first-order valence-electron chi connectivity index (χ1n) is 9.21. The number of morpholine rings is 1.